The van der Waals surface area contributed by atoms with Crippen LogP contribution in [0.2, 0.25) is 0 Å². The summed E-state index contributed by atoms with van der Waals surface area (Å²) in [5, 5.41) is 8.88. The van der Waals surface area contributed by atoms with E-state index in [1.165, 1.54) is 0 Å². The molecule has 1 aromatic carbocycles. The highest BCUT2D eigenvalue weighted by Gasteiger charge is 2.27. The number of amides is 1. The van der Waals surface area contributed by atoms with Crippen LogP contribution in [0.15, 0.2) is 35.4 Å². The lowest BCUT2D eigenvalue weighted by Gasteiger charge is -2.32. The summed E-state index contributed by atoms with van der Waals surface area (Å²) in [5.41, 5.74) is 0.625. The Balaban J connectivity index is 1.39. The van der Waals surface area contributed by atoms with Crippen molar-refractivity contribution in [3.63, 3.8) is 0 Å². The number of fused-ring (bicyclic) bond motifs is 2. The number of rotatable bonds is 4. The molecule has 0 fully saturated rings. The number of aryl methyl sites for hydroxylation is 2. The predicted molar refractivity (Wildman–Crippen MR) is 100 cm³/mol. The molecule has 27 heavy (non-hydrogen) atoms. The molecule has 8 heteroatoms. The van der Waals surface area contributed by atoms with Crippen molar-refractivity contribution in [2.75, 3.05) is 6.54 Å². The van der Waals surface area contributed by atoms with E-state index in [0.717, 1.165) is 11.6 Å². The Hall–Kier alpha value is -3.03. The molecule has 140 valence electrons. The van der Waals surface area contributed by atoms with E-state index >= 15 is 0 Å². The molecule has 0 bridgehead atoms. The summed E-state index contributed by atoms with van der Waals surface area (Å²) in [6.45, 7) is 5.62. The topological polar surface area (TPSA) is 85.9 Å². The van der Waals surface area contributed by atoms with Crippen LogP contribution in [0.5, 0.6) is 0 Å². The highest BCUT2D eigenvalue weighted by atomic mass is 16.2. The molecule has 0 radical (unpaired) electrons. The van der Waals surface area contributed by atoms with E-state index in [0.29, 0.717) is 43.4 Å². The van der Waals surface area contributed by atoms with Crippen molar-refractivity contribution < 1.29 is 4.79 Å². The van der Waals surface area contributed by atoms with Crippen molar-refractivity contribution in [2.45, 2.75) is 45.8 Å². The number of hydrogen-bond acceptors (Lipinski definition) is 5. The molecule has 1 aliphatic heterocycles. The maximum atomic E-state index is 12.6. The molecule has 0 aliphatic carbocycles. The number of para-hydroxylation sites is 1. The molecule has 1 aliphatic rings. The van der Waals surface area contributed by atoms with E-state index in [1.54, 1.807) is 17.0 Å². The molecule has 0 N–H and O–H groups in total. The summed E-state index contributed by atoms with van der Waals surface area (Å²) in [6.07, 6.45) is 2.54. The van der Waals surface area contributed by atoms with Gasteiger partial charge in [0.05, 0.1) is 29.8 Å². The molecule has 8 nitrogen and oxygen atoms in total. The molecule has 1 unspecified atom stereocenters. The molecule has 0 spiro atoms. The smallest absolute Gasteiger partial charge is 0.261 e. The van der Waals surface area contributed by atoms with Crippen molar-refractivity contribution in [1.29, 1.82) is 0 Å². The summed E-state index contributed by atoms with van der Waals surface area (Å²) in [5.74, 6) is 1.79. The second-order valence-corrected chi connectivity index (χ2v) is 7.02. The van der Waals surface area contributed by atoms with Crippen molar-refractivity contribution in [3.8, 4) is 0 Å². The van der Waals surface area contributed by atoms with Gasteiger partial charge in [0, 0.05) is 19.5 Å². The van der Waals surface area contributed by atoms with Crippen LogP contribution in [-0.2, 0) is 17.9 Å². The van der Waals surface area contributed by atoms with Crippen LogP contribution in [0, 0.1) is 6.92 Å². The summed E-state index contributed by atoms with van der Waals surface area (Å²) in [7, 11) is 0. The zero-order valence-corrected chi connectivity index (χ0v) is 15.5. The van der Waals surface area contributed by atoms with Gasteiger partial charge >= 0.3 is 0 Å². The molecule has 3 heterocycles. The average Bonchev–Trinajstić information content (AvgIpc) is 3.05. The first-order valence-corrected chi connectivity index (χ1v) is 9.17. The minimum atomic E-state index is -0.0665. The first-order valence-electron chi connectivity index (χ1n) is 9.17. The van der Waals surface area contributed by atoms with Crippen molar-refractivity contribution in [3.05, 3.63) is 52.6 Å². The zero-order valence-electron chi connectivity index (χ0n) is 15.5. The number of hydrogen-bond donors (Lipinski definition) is 0. The predicted octanol–water partition coefficient (Wildman–Crippen LogP) is 1.68. The van der Waals surface area contributed by atoms with E-state index in [-0.39, 0.29) is 17.5 Å². The SMILES string of the molecule is Cc1nnc2n1C(C)CN(C(=O)CCCn1cnc3ccccc3c1=O)C2. The lowest BCUT2D eigenvalue weighted by molar-refractivity contribution is -0.133. The van der Waals surface area contributed by atoms with Gasteiger partial charge in [-0.25, -0.2) is 4.98 Å². The lowest BCUT2D eigenvalue weighted by atomic mass is 10.2. The highest BCUT2D eigenvalue weighted by molar-refractivity contribution is 5.77. The second-order valence-electron chi connectivity index (χ2n) is 7.02. The van der Waals surface area contributed by atoms with Gasteiger partial charge in [0.25, 0.3) is 5.56 Å². The van der Waals surface area contributed by atoms with E-state index in [4.69, 9.17) is 0 Å². The Bertz CT molecular complexity index is 1050. The number of aromatic nitrogens is 5. The molecule has 0 saturated carbocycles. The first-order chi connectivity index (χ1) is 13.0. The lowest BCUT2D eigenvalue weighted by Crippen LogP contribution is -2.40. The highest BCUT2D eigenvalue weighted by Crippen LogP contribution is 2.21. The van der Waals surface area contributed by atoms with Gasteiger partial charge in [-0.15, -0.1) is 10.2 Å². The van der Waals surface area contributed by atoms with Gasteiger partial charge in [0.1, 0.15) is 5.82 Å². The Morgan fingerprint density at radius 1 is 1.26 bits per heavy atom. The van der Waals surface area contributed by atoms with E-state index in [1.807, 2.05) is 30.0 Å². The molecule has 1 amide bonds. The summed E-state index contributed by atoms with van der Waals surface area (Å²) in [6, 6.07) is 7.46. The number of carbonyl (C=O) groups is 1. The summed E-state index contributed by atoms with van der Waals surface area (Å²) >= 11 is 0. The van der Waals surface area contributed by atoms with Gasteiger partial charge in [-0.1, -0.05) is 12.1 Å². The standard InChI is InChI=1S/C19H22N6O2/c1-13-10-24(11-17-22-21-14(2)25(13)17)18(26)8-5-9-23-12-20-16-7-4-3-6-15(16)19(23)27/h3-4,6-7,12-13H,5,8-11H2,1-2H3. The molecule has 2 aromatic heterocycles. The molecule has 4 rings (SSSR count). The monoisotopic (exact) mass is 366 g/mol. The third kappa shape index (κ3) is 3.22. The molecule has 0 saturated heterocycles. The normalized spacial score (nSPS) is 16.5. The van der Waals surface area contributed by atoms with Crippen LogP contribution in [0.1, 0.15) is 37.5 Å². The fourth-order valence-electron chi connectivity index (χ4n) is 3.74. The van der Waals surface area contributed by atoms with Gasteiger partial charge in [-0.05, 0) is 32.4 Å². The third-order valence-corrected chi connectivity index (χ3v) is 5.07. The van der Waals surface area contributed by atoms with Crippen LogP contribution < -0.4 is 5.56 Å². The minimum absolute atomic E-state index is 0.0665. The molecule has 1 atom stereocenters. The maximum Gasteiger partial charge on any atom is 0.261 e. The number of carbonyl (C=O) groups excluding carboxylic acids is 1. The Morgan fingerprint density at radius 3 is 2.93 bits per heavy atom. The molecule has 3 aromatic rings. The zero-order chi connectivity index (χ0) is 19.0. The first kappa shape index (κ1) is 17.4. The summed E-state index contributed by atoms with van der Waals surface area (Å²) in [4.78, 5) is 31.3. The minimum Gasteiger partial charge on any atom is -0.333 e. The van der Waals surface area contributed by atoms with E-state index in [9.17, 15) is 9.59 Å². The van der Waals surface area contributed by atoms with Crippen molar-refractivity contribution >= 4 is 16.8 Å². The van der Waals surface area contributed by atoms with Gasteiger partial charge in [0.2, 0.25) is 5.91 Å². The molecular weight excluding hydrogens is 344 g/mol. The van der Waals surface area contributed by atoms with Crippen LogP contribution in [0.3, 0.4) is 0 Å². The Kier molecular flexibility index (Phi) is 4.47. The third-order valence-electron chi connectivity index (χ3n) is 5.07. The summed E-state index contributed by atoms with van der Waals surface area (Å²) < 4.78 is 3.67. The molecular formula is C19H22N6O2. The van der Waals surface area contributed by atoms with E-state index in [2.05, 4.69) is 26.7 Å². The number of benzene rings is 1. The van der Waals surface area contributed by atoms with Crippen molar-refractivity contribution in [1.82, 2.24) is 29.2 Å². The van der Waals surface area contributed by atoms with Gasteiger partial charge in [-0.2, -0.15) is 0 Å². The van der Waals surface area contributed by atoms with Gasteiger partial charge in [-0.3, -0.25) is 14.2 Å². The van der Waals surface area contributed by atoms with Crippen LogP contribution in [0.4, 0.5) is 0 Å². The average molecular weight is 366 g/mol. The quantitative estimate of drug-likeness (QED) is 0.701. The fourth-order valence-corrected chi connectivity index (χ4v) is 3.74. The number of nitrogens with zero attached hydrogens (tertiary/aromatic N) is 6. The van der Waals surface area contributed by atoms with Crippen molar-refractivity contribution in [2.24, 2.45) is 0 Å². The Morgan fingerprint density at radius 2 is 2.07 bits per heavy atom. The maximum absolute atomic E-state index is 12.6. The van der Waals surface area contributed by atoms with Crippen LogP contribution in [0.25, 0.3) is 10.9 Å². The van der Waals surface area contributed by atoms with Crippen LogP contribution in [-0.4, -0.2) is 41.7 Å². The van der Waals surface area contributed by atoms with Crippen LogP contribution >= 0.6 is 0 Å². The van der Waals surface area contributed by atoms with Gasteiger partial charge < -0.3 is 9.47 Å². The largest absolute Gasteiger partial charge is 0.333 e. The second kappa shape index (κ2) is 6.94. The fraction of sp³-hybridized carbons (Fsp3) is 0.421. The van der Waals surface area contributed by atoms with Gasteiger partial charge in [0.15, 0.2) is 5.82 Å². The van der Waals surface area contributed by atoms with E-state index < -0.39 is 0 Å². The Labute approximate surface area is 156 Å².